The highest BCUT2D eigenvalue weighted by atomic mass is 19.1. The van der Waals surface area contributed by atoms with Crippen molar-refractivity contribution in [1.82, 2.24) is 0 Å². The van der Waals surface area contributed by atoms with Crippen molar-refractivity contribution < 1.29 is 13.9 Å². The normalized spacial score (nSPS) is 12.4. The summed E-state index contributed by atoms with van der Waals surface area (Å²) < 4.78 is 18.1. The molecule has 0 heterocycles. The van der Waals surface area contributed by atoms with Crippen LogP contribution >= 0.6 is 0 Å². The molecule has 0 saturated carbocycles. The van der Waals surface area contributed by atoms with Crippen LogP contribution in [-0.2, 0) is 4.74 Å². The minimum atomic E-state index is -0.494. The molecule has 0 aromatic heterocycles. The lowest BCUT2D eigenvalue weighted by Gasteiger charge is -2.10. The van der Waals surface area contributed by atoms with Crippen LogP contribution in [0.4, 0.5) is 4.39 Å². The molecule has 4 heteroatoms. The molecule has 0 amide bonds. The van der Waals surface area contributed by atoms with Gasteiger partial charge in [0.15, 0.2) is 5.78 Å². The van der Waals surface area contributed by atoms with Crippen molar-refractivity contribution in [3.05, 3.63) is 35.6 Å². The predicted molar refractivity (Wildman–Crippen MR) is 59.8 cm³/mol. The number of rotatable bonds is 6. The number of nitrogens with two attached hydrogens (primary N) is 1. The smallest absolute Gasteiger partial charge is 0.167 e. The summed E-state index contributed by atoms with van der Waals surface area (Å²) >= 11 is 0. The lowest BCUT2D eigenvalue weighted by Crippen LogP contribution is -2.25. The molecular formula is C12H16FNO2. The SMILES string of the molecule is COCCC(N)CC(=O)c1ccccc1F. The monoisotopic (exact) mass is 225 g/mol. The first kappa shape index (κ1) is 12.8. The number of hydrogen-bond acceptors (Lipinski definition) is 3. The Balaban J connectivity index is 2.56. The van der Waals surface area contributed by atoms with Crippen LogP contribution in [0.15, 0.2) is 24.3 Å². The van der Waals surface area contributed by atoms with Crippen LogP contribution in [0.5, 0.6) is 0 Å². The van der Waals surface area contributed by atoms with Crippen molar-refractivity contribution in [1.29, 1.82) is 0 Å². The second-order valence-corrected chi connectivity index (χ2v) is 3.65. The minimum absolute atomic E-state index is 0.107. The molecule has 2 N–H and O–H groups in total. The van der Waals surface area contributed by atoms with Gasteiger partial charge in [-0.15, -0.1) is 0 Å². The van der Waals surface area contributed by atoms with E-state index in [0.29, 0.717) is 13.0 Å². The molecule has 88 valence electrons. The largest absolute Gasteiger partial charge is 0.385 e. The number of ether oxygens (including phenoxy) is 1. The molecule has 0 aliphatic heterocycles. The summed E-state index contributed by atoms with van der Waals surface area (Å²) in [5.41, 5.74) is 5.83. The summed E-state index contributed by atoms with van der Waals surface area (Å²) in [6.45, 7) is 0.506. The second kappa shape index (κ2) is 6.35. The molecule has 1 rings (SSSR count). The van der Waals surface area contributed by atoms with Gasteiger partial charge in [0.05, 0.1) is 5.56 Å². The van der Waals surface area contributed by atoms with Crippen molar-refractivity contribution in [3.63, 3.8) is 0 Å². The molecule has 16 heavy (non-hydrogen) atoms. The Morgan fingerprint density at radius 1 is 1.50 bits per heavy atom. The van der Waals surface area contributed by atoms with Gasteiger partial charge in [-0.05, 0) is 18.6 Å². The first-order chi connectivity index (χ1) is 7.65. The van der Waals surface area contributed by atoms with Gasteiger partial charge in [-0.1, -0.05) is 12.1 Å². The van der Waals surface area contributed by atoms with E-state index in [9.17, 15) is 9.18 Å². The Hall–Kier alpha value is -1.26. The Morgan fingerprint density at radius 2 is 2.19 bits per heavy atom. The van der Waals surface area contributed by atoms with E-state index < -0.39 is 5.82 Å². The maximum absolute atomic E-state index is 13.3. The summed E-state index contributed by atoms with van der Waals surface area (Å²) in [4.78, 5) is 11.7. The maximum Gasteiger partial charge on any atom is 0.167 e. The molecule has 0 bridgehead atoms. The zero-order valence-electron chi connectivity index (χ0n) is 9.28. The van der Waals surface area contributed by atoms with Gasteiger partial charge >= 0.3 is 0 Å². The fraction of sp³-hybridized carbons (Fsp3) is 0.417. The molecule has 0 aliphatic carbocycles. The standard InChI is InChI=1S/C12H16FNO2/c1-16-7-6-9(14)8-12(15)10-4-2-3-5-11(10)13/h2-5,9H,6-8,14H2,1H3. The van der Waals surface area contributed by atoms with E-state index in [0.717, 1.165) is 0 Å². The molecule has 0 aliphatic rings. The summed E-state index contributed by atoms with van der Waals surface area (Å²) in [6, 6.07) is 5.65. The van der Waals surface area contributed by atoms with Crippen LogP contribution in [0.25, 0.3) is 0 Å². The van der Waals surface area contributed by atoms with E-state index in [1.807, 2.05) is 0 Å². The van der Waals surface area contributed by atoms with Gasteiger partial charge in [-0.25, -0.2) is 4.39 Å². The molecule has 0 fully saturated rings. The Kier molecular flexibility index (Phi) is 5.08. The van der Waals surface area contributed by atoms with E-state index >= 15 is 0 Å². The van der Waals surface area contributed by atoms with Gasteiger partial charge < -0.3 is 10.5 Å². The quantitative estimate of drug-likeness (QED) is 0.750. The van der Waals surface area contributed by atoms with Gasteiger partial charge in [0.2, 0.25) is 0 Å². The fourth-order valence-electron chi connectivity index (χ4n) is 1.41. The molecule has 1 atom stereocenters. The van der Waals surface area contributed by atoms with Crippen LogP contribution in [0, 0.1) is 5.82 Å². The third-order valence-electron chi connectivity index (χ3n) is 2.31. The summed E-state index contributed by atoms with van der Waals surface area (Å²) in [5.74, 6) is -0.756. The molecule has 0 saturated heterocycles. The number of halogens is 1. The number of Topliss-reactive ketones (excluding diaryl/α,β-unsaturated/α-hetero) is 1. The lowest BCUT2D eigenvalue weighted by molar-refractivity contribution is 0.0963. The predicted octanol–water partition coefficient (Wildman–Crippen LogP) is 1.76. The summed E-state index contributed by atoms with van der Waals surface area (Å²) in [5, 5.41) is 0. The number of ketones is 1. The third-order valence-corrected chi connectivity index (χ3v) is 2.31. The molecule has 1 aromatic carbocycles. The van der Waals surface area contributed by atoms with Crippen LogP contribution < -0.4 is 5.73 Å². The van der Waals surface area contributed by atoms with Crippen molar-refractivity contribution in [2.45, 2.75) is 18.9 Å². The van der Waals surface area contributed by atoms with Crippen LogP contribution in [0.3, 0.4) is 0 Å². The molecule has 0 radical (unpaired) electrons. The van der Waals surface area contributed by atoms with Crippen LogP contribution in [0.1, 0.15) is 23.2 Å². The Bertz CT molecular complexity index is 355. The first-order valence-corrected chi connectivity index (χ1v) is 5.17. The van der Waals surface area contributed by atoms with E-state index in [1.165, 1.54) is 12.1 Å². The summed E-state index contributed by atoms with van der Waals surface area (Å²) in [6.07, 6.45) is 0.737. The van der Waals surface area contributed by atoms with Gasteiger partial charge in [0, 0.05) is 26.2 Å². The van der Waals surface area contributed by atoms with Crippen molar-refractivity contribution in [2.24, 2.45) is 5.73 Å². The number of methoxy groups -OCH3 is 1. The van der Waals surface area contributed by atoms with Crippen molar-refractivity contribution in [2.75, 3.05) is 13.7 Å². The lowest BCUT2D eigenvalue weighted by atomic mass is 10.0. The van der Waals surface area contributed by atoms with Crippen molar-refractivity contribution in [3.8, 4) is 0 Å². The molecule has 1 aromatic rings. The molecule has 1 unspecified atom stereocenters. The Morgan fingerprint density at radius 3 is 2.81 bits per heavy atom. The third kappa shape index (κ3) is 3.72. The average molecular weight is 225 g/mol. The van der Waals surface area contributed by atoms with E-state index in [1.54, 1.807) is 19.2 Å². The number of hydrogen-bond donors (Lipinski definition) is 1. The highest BCUT2D eigenvalue weighted by molar-refractivity contribution is 5.96. The van der Waals surface area contributed by atoms with Crippen LogP contribution in [-0.4, -0.2) is 25.5 Å². The average Bonchev–Trinajstić information content (AvgIpc) is 2.26. The zero-order chi connectivity index (χ0) is 12.0. The van der Waals surface area contributed by atoms with Gasteiger partial charge in [-0.3, -0.25) is 4.79 Å². The van der Waals surface area contributed by atoms with E-state index in [2.05, 4.69) is 0 Å². The highest BCUT2D eigenvalue weighted by Crippen LogP contribution is 2.10. The number of carbonyl (C=O) groups is 1. The molecule has 0 spiro atoms. The highest BCUT2D eigenvalue weighted by Gasteiger charge is 2.14. The number of benzene rings is 1. The first-order valence-electron chi connectivity index (χ1n) is 5.17. The second-order valence-electron chi connectivity index (χ2n) is 3.65. The van der Waals surface area contributed by atoms with Gasteiger partial charge in [0.25, 0.3) is 0 Å². The minimum Gasteiger partial charge on any atom is -0.385 e. The topological polar surface area (TPSA) is 52.3 Å². The summed E-state index contributed by atoms with van der Waals surface area (Å²) in [7, 11) is 1.57. The zero-order valence-corrected chi connectivity index (χ0v) is 9.28. The molecule has 3 nitrogen and oxygen atoms in total. The van der Waals surface area contributed by atoms with Crippen LogP contribution in [0.2, 0.25) is 0 Å². The maximum atomic E-state index is 13.3. The number of carbonyl (C=O) groups excluding carboxylic acids is 1. The van der Waals surface area contributed by atoms with Gasteiger partial charge in [0.1, 0.15) is 5.82 Å². The van der Waals surface area contributed by atoms with E-state index in [-0.39, 0.29) is 23.8 Å². The van der Waals surface area contributed by atoms with Crippen molar-refractivity contribution >= 4 is 5.78 Å². The van der Waals surface area contributed by atoms with Gasteiger partial charge in [-0.2, -0.15) is 0 Å². The van der Waals surface area contributed by atoms with E-state index in [4.69, 9.17) is 10.5 Å². The molecular weight excluding hydrogens is 209 g/mol. The fourth-order valence-corrected chi connectivity index (χ4v) is 1.41. The Labute approximate surface area is 94.4 Å².